The molecular weight excluding hydrogens is 691 g/mol. The van der Waals surface area contributed by atoms with E-state index in [0.29, 0.717) is 72.0 Å². The minimum absolute atomic E-state index is 0.0624. The normalized spacial score (nSPS) is 17.3. The molecule has 2 aliphatic heterocycles. The Labute approximate surface area is 304 Å². The Morgan fingerprint density at radius 3 is 2.08 bits per heavy atom. The monoisotopic (exact) mass is 728 g/mol. The van der Waals surface area contributed by atoms with Gasteiger partial charge in [0.05, 0.1) is 29.4 Å². The van der Waals surface area contributed by atoms with Crippen LogP contribution in [0.25, 0.3) is 39.0 Å². The van der Waals surface area contributed by atoms with Crippen LogP contribution in [0.3, 0.4) is 0 Å². The van der Waals surface area contributed by atoms with E-state index in [0.717, 1.165) is 46.2 Å². The molecule has 0 spiro atoms. The van der Waals surface area contributed by atoms with E-state index in [4.69, 9.17) is 38.0 Å². The number of halogens is 2. The molecule has 2 unspecified atom stereocenters. The molecule has 264 valence electrons. The lowest BCUT2D eigenvalue weighted by Crippen LogP contribution is -2.36. The molecule has 3 aromatic heterocycles. The first-order valence-corrected chi connectivity index (χ1v) is 17.7. The average molecular weight is 730 g/mol. The first-order chi connectivity index (χ1) is 24.7. The van der Waals surface area contributed by atoms with Crippen LogP contribution in [-0.4, -0.2) is 63.3 Å². The van der Waals surface area contributed by atoms with Crippen molar-refractivity contribution in [2.24, 2.45) is 7.05 Å². The predicted molar refractivity (Wildman–Crippen MR) is 197 cm³/mol. The van der Waals surface area contributed by atoms with Gasteiger partial charge in [-0.05, 0) is 25.0 Å². The van der Waals surface area contributed by atoms with Gasteiger partial charge in [0.1, 0.15) is 11.3 Å². The van der Waals surface area contributed by atoms with Crippen molar-refractivity contribution in [1.29, 1.82) is 0 Å². The molecule has 2 amide bonds. The summed E-state index contributed by atoms with van der Waals surface area (Å²) in [7, 11) is 3.29. The summed E-state index contributed by atoms with van der Waals surface area (Å²) in [6, 6.07) is 17.3. The topological polar surface area (TPSA) is 144 Å². The molecule has 2 aliphatic rings. The smallest absolute Gasteiger partial charge is 0.277 e. The van der Waals surface area contributed by atoms with E-state index in [1.165, 1.54) is 4.57 Å². The third-order valence-corrected chi connectivity index (χ3v) is 10.3. The van der Waals surface area contributed by atoms with Crippen molar-refractivity contribution >= 4 is 40.5 Å². The molecule has 0 bridgehead atoms. The van der Waals surface area contributed by atoms with Crippen molar-refractivity contribution < 1.29 is 14.3 Å². The van der Waals surface area contributed by atoms with Gasteiger partial charge < -0.3 is 26.0 Å². The Hall–Kier alpha value is -4.75. The van der Waals surface area contributed by atoms with Crippen LogP contribution in [-0.2, 0) is 29.7 Å². The van der Waals surface area contributed by atoms with Gasteiger partial charge in [0.25, 0.3) is 5.56 Å². The second kappa shape index (κ2) is 14.8. The summed E-state index contributed by atoms with van der Waals surface area (Å²) in [5.41, 5.74) is 5.43. The van der Waals surface area contributed by atoms with Crippen molar-refractivity contribution in [3.63, 3.8) is 0 Å². The zero-order valence-electron chi connectivity index (χ0n) is 28.3. The number of nitrogens with zero attached hydrogens (tertiary/aromatic N) is 4. The number of carbonyl (C=O) groups is 2. The highest BCUT2D eigenvalue weighted by molar-refractivity contribution is 6.39. The van der Waals surface area contributed by atoms with Crippen molar-refractivity contribution in [1.82, 2.24) is 40.4 Å². The van der Waals surface area contributed by atoms with E-state index >= 15 is 0 Å². The third-order valence-electron chi connectivity index (χ3n) is 9.49. The molecule has 0 aliphatic carbocycles. The van der Waals surface area contributed by atoms with Crippen LogP contribution in [0.2, 0.25) is 10.0 Å². The number of fused-ring (bicyclic) bond motifs is 1. The predicted octanol–water partition coefficient (Wildman–Crippen LogP) is 4.48. The van der Waals surface area contributed by atoms with Crippen LogP contribution in [0.15, 0.2) is 65.6 Å². The summed E-state index contributed by atoms with van der Waals surface area (Å²) >= 11 is 14.2. The van der Waals surface area contributed by atoms with Gasteiger partial charge >= 0.3 is 0 Å². The summed E-state index contributed by atoms with van der Waals surface area (Å²) in [6.45, 7) is 2.17. The number of methoxy groups -OCH3 is 1. The highest BCUT2D eigenvalue weighted by Gasteiger charge is 2.22. The van der Waals surface area contributed by atoms with Crippen LogP contribution >= 0.6 is 23.2 Å². The van der Waals surface area contributed by atoms with E-state index in [9.17, 15) is 14.4 Å². The van der Waals surface area contributed by atoms with Crippen LogP contribution in [0.5, 0.6) is 5.88 Å². The molecule has 2 atom stereocenters. The Morgan fingerprint density at radius 1 is 0.843 bits per heavy atom. The molecule has 0 saturated carbocycles. The molecule has 4 N–H and O–H groups in total. The number of pyridine rings is 1. The first kappa shape index (κ1) is 34.7. The van der Waals surface area contributed by atoms with Gasteiger partial charge in [-0.1, -0.05) is 65.7 Å². The number of hydrogen-bond donors (Lipinski definition) is 4. The molecule has 5 heterocycles. The van der Waals surface area contributed by atoms with E-state index in [1.807, 2.05) is 48.5 Å². The number of ether oxygens (including phenoxy) is 1. The molecule has 2 fully saturated rings. The standard InChI is InChI=1S/C37H38Cl2N8O4/c1-46-31(19-41-18-24-11-14-33(49)43-24)45-47-20-22(15-30(47)37(46)50)25-5-3-6-26(34(25)38)27-7-4-8-28(35(27)39)29-12-9-21(36(44-29)51-2)16-40-17-23-10-13-32(48)42-23/h3-9,12,15,20,23-24,40-41H,10-11,13-14,16-19H2,1-2H3,(H,42,48)(H,43,49). The van der Waals surface area contributed by atoms with Crippen LogP contribution < -0.4 is 31.6 Å². The lowest BCUT2D eigenvalue weighted by atomic mass is 9.97. The van der Waals surface area contributed by atoms with Gasteiger partial charge in [-0.2, -0.15) is 5.10 Å². The van der Waals surface area contributed by atoms with Crippen LogP contribution in [0, 0.1) is 0 Å². The number of benzene rings is 2. The van der Waals surface area contributed by atoms with Gasteiger partial charge in [-0.3, -0.25) is 19.0 Å². The fraction of sp³-hybridized carbons (Fsp3) is 0.324. The van der Waals surface area contributed by atoms with Crippen molar-refractivity contribution in [3.8, 4) is 39.4 Å². The molecule has 51 heavy (non-hydrogen) atoms. The van der Waals surface area contributed by atoms with Gasteiger partial charge in [0, 0.05) is 91.2 Å². The number of rotatable bonds is 12. The average Bonchev–Trinajstić information content (AvgIpc) is 3.87. The highest BCUT2D eigenvalue weighted by Crippen LogP contribution is 2.42. The van der Waals surface area contributed by atoms with E-state index in [2.05, 4.69) is 21.3 Å². The minimum atomic E-state index is -0.183. The number of aromatic nitrogens is 4. The van der Waals surface area contributed by atoms with Crippen LogP contribution in [0.4, 0.5) is 0 Å². The third kappa shape index (κ3) is 7.22. The fourth-order valence-electron chi connectivity index (χ4n) is 6.71. The van der Waals surface area contributed by atoms with E-state index in [-0.39, 0.29) is 29.5 Å². The number of hydrogen-bond acceptors (Lipinski definition) is 8. The van der Waals surface area contributed by atoms with Crippen molar-refractivity contribution in [3.05, 3.63) is 92.6 Å². The lowest BCUT2D eigenvalue weighted by molar-refractivity contribution is -0.120. The van der Waals surface area contributed by atoms with Gasteiger partial charge in [0.2, 0.25) is 17.7 Å². The maximum atomic E-state index is 13.4. The molecule has 0 radical (unpaired) electrons. The summed E-state index contributed by atoms with van der Waals surface area (Å²) < 4.78 is 8.77. The lowest BCUT2D eigenvalue weighted by Gasteiger charge is -2.15. The second-order valence-corrected chi connectivity index (χ2v) is 13.7. The second-order valence-electron chi connectivity index (χ2n) is 12.9. The SMILES string of the molecule is COc1nc(-c2cccc(-c3cccc(-c4cc5c(=O)n(C)c(CNCC6CCC(=O)N6)nn5c4)c3Cl)c2Cl)ccc1CNCC1CCC(=O)N1. The van der Waals surface area contributed by atoms with Crippen molar-refractivity contribution in [2.75, 3.05) is 20.2 Å². The van der Waals surface area contributed by atoms with Gasteiger partial charge in [0.15, 0.2) is 0 Å². The Balaban J connectivity index is 1.13. The zero-order chi connectivity index (χ0) is 35.6. The minimum Gasteiger partial charge on any atom is -0.481 e. The van der Waals surface area contributed by atoms with Crippen LogP contribution in [0.1, 0.15) is 37.1 Å². The maximum Gasteiger partial charge on any atom is 0.277 e. The summed E-state index contributed by atoms with van der Waals surface area (Å²) in [4.78, 5) is 41.2. The van der Waals surface area contributed by atoms with Gasteiger partial charge in [-0.25, -0.2) is 9.50 Å². The summed E-state index contributed by atoms with van der Waals surface area (Å²) in [5.74, 6) is 1.20. The fourth-order valence-corrected chi connectivity index (χ4v) is 7.37. The summed E-state index contributed by atoms with van der Waals surface area (Å²) in [6.07, 6.45) is 4.51. The Kier molecular flexibility index (Phi) is 10.1. The number of carbonyl (C=O) groups excluding carboxylic acids is 2. The van der Waals surface area contributed by atoms with E-state index in [1.54, 1.807) is 30.9 Å². The van der Waals surface area contributed by atoms with Gasteiger partial charge in [-0.15, -0.1) is 0 Å². The molecular formula is C37H38Cl2N8O4. The molecule has 2 saturated heterocycles. The maximum absolute atomic E-state index is 13.4. The quantitative estimate of drug-likeness (QED) is 0.147. The van der Waals surface area contributed by atoms with E-state index < -0.39 is 0 Å². The largest absolute Gasteiger partial charge is 0.481 e. The molecule has 2 aromatic carbocycles. The number of amides is 2. The molecule has 7 rings (SSSR count). The highest BCUT2D eigenvalue weighted by atomic mass is 35.5. The first-order valence-electron chi connectivity index (χ1n) is 16.9. The molecule has 5 aromatic rings. The summed E-state index contributed by atoms with van der Waals surface area (Å²) in [5, 5.41) is 18.3. The molecule has 14 heteroatoms. The van der Waals surface area contributed by atoms with Crippen molar-refractivity contribution in [2.45, 2.75) is 50.9 Å². The number of nitrogens with one attached hydrogen (secondary N) is 4. The Bertz CT molecular complexity index is 2200. The zero-order valence-corrected chi connectivity index (χ0v) is 29.8. The molecule has 12 nitrogen and oxygen atoms in total. The Morgan fingerprint density at radius 2 is 1.45 bits per heavy atom.